The Hall–Kier alpha value is -1.74. The van der Waals surface area contributed by atoms with Crippen molar-refractivity contribution >= 4 is 15.9 Å². The van der Waals surface area contributed by atoms with Crippen molar-refractivity contribution in [3.8, 4) is 0 Å². The molecule has 2 rings (SSSR count). The first-order valence-corrected chi connectivity index (χ1v) is 10.7. The molecule has 0 aliphatic carbocycles. The highest BCUT2D eigenvalue weighted by Gasteiger charge is 2.30. The van der Waals surface area contributed by atoms with E-state index < -0.39 is 22.2 Å². The van der Waals surface area contributed by atoms with Gasteiger partial charge in [-0.05, 0) is 19.1 Å². The van der Waals surface area contributed by atoms with Gasteiger partial charge < -0.3 is 4.74 Å². The van der Waals surface area contributed by atoms with E-state index in [1.807, 2.05) is 27.7 Å². The van der Waals surface area contributed by atoms with Gasteiger partial charge in [-0.15, -0.1) is 0 Å². The van der Waals surface area contributed by atoms with Crippen LogP contribution in [0.2, 0.25) is 0 Å². The molecule has 0 fully saturated rings. The summed E-state index contributed by atoms with van der Waals surface area (Å²) in [6.45, 7) is 8.48. The molecule has 1 aromatic carbocycles. The summed E-state index contributed by atoms with van der Waals surface area (Å²) in [4.78, 5) is 17.7. The molecule has 7 nitrogen and oxygen atoms in total. The highest BCUT2D eigenvalue weighted by atomic mass is 32.2. The molecule has 8 heteroatoms. The minimum absolute atomic E-state index is 0.0134. The normalized spacial score (nSPS) is 15.5. The minimum Gasteiger partial charge on any atom is -0.351 e. The first-order valence-electron chi connectivity index (χ1n) is 9.30. The van der Waals surface area contributed by atoms with Crippen LogP contribution in [-0.2, 0) is 24.4 Å². The summed E-state index contributed by atoms with van der Waals surface area (Å²) in [5.74, 6) is -0.452. The van der Waals surface area contributed by atoms with Crippen LogP contribution in [-0.4, -0.2) is 44.6 Å². The monoisotopic (exact) mass is 398 g/mol. The van der Waals surface area contributed by atoms with E-state index in [4.69, 9.17) is 9.57 Å². The Balaban J connectivity index is 0.00000176. The summed E-state index contributed by atoms with van der Waals surface area (Å²) >= 11 is 0. The lowest BCUT2D eigenvalue weighted by atomic mass is 10.3. The Morgan fingerprint density at radius 1 is 1.22 bits per heavy atom. The third kappa shape index (κ3) is 6.73. The molecule has 0 saturated heterocycles. The van der Waals surface area contributed by atoms with E-state index in [0.717, 1.165) is 6.42 Å². The molecule has 0 saturated carbocycles. The first kappa shape index (κ1) is 23.3. The zero-order valence-electron chi connectivity index (χ0n) is 16.5. The lowest BCUT2D eigenvalue weighted by Crippen LogP contribution is -2.35. The van der Waals surface area contributed by atoms with Gasteiger partial charge in [0.25, 0.3) is 5.91 Å². The second kappa shape index (κ2) is 11.9. The Kier molecular flexibility index (Phi) is 10.2. The molecule has 1 unspecified atom stereocenters. The van der Waals surface area contributed by atoms with E-state index in [9.17, 15) is 13.2 Å². The fourth-order valence-corrected chi connectivity index (χ4v) is 3.78. The summed E-state index contributed by atoms with van der Waals surface area (Å²) < 4.78 is 31.7. The van der Waals surface area contributed by atoms with Crippen LogP contribution in [0.3, 0.4) is 0 Å². The number of ether oxygens (including phenoxy) is 1. The van der Waals surface area contributed by atoms with Gasteiger partial charge in [0.1, 0.15) is 0 Å². The van der Waals surface area contributed by atoms with Crippen molar-refractivity contribution in [1.29, 1.82) is 0 Å². The molecule has 0 spiro atoms. The van der Waals surface area contributed by atoms with Gasteiger partial charge >= 0.3 is 0 Å². The van der Waals surface area contributed by atoms with Gasteiger partial charge in [0.2, 0.25) is 10.0 Å². The first-order chi connectivity index (χ1) is 13.0. The summed E-state index contributed by atoms with van der Waals surface area (Å²) in [5, 5.41) is 0. The van der Waals surface area contributed by atoms with Crippen molar-refractivity contribution in [2.45, 2.75) is 51.7 Å². The van der Waals surface area contributed by atoms with Crippen molar-refractivity contribution < 1.29 is 22.8 Å². The molecular weight excluding hydrogens is 368 g/mol. The molecule has 1 heterocycles. The number of hydrogen-bond donors (Lipinski definition) is 1. The third-order valence-electron chi connectivity index (χ3n) is 3.72. The maximum absolute atomic E-state index is 12.5. The van der Waals surface area contributed by atoms with Crippen molar-refractivity contribution in [3.05, 3.63) is 42.0 Å². The summed E-state index contributed by atoms with van der Waals surface area (Å²) in [6.07, 6.45) is 2.59. The van der Waals surface area contributed by atoms with Gasteiger partial charge in [-0.3, -0.25) is 4.79 Å². The standard InChI is InChI=1S/C17H24N2O5S.C2H6/c1-3-8-16(23-4-2)24-18-17(20)14-11-12-19(13-14)25(21,22)15-9-6-5-7-10-15;1-2/h5-7,9-11,16H,3-4,8,12-13H2,1-2H3,(H,18,20);1-2H3. The Bertz CT molecular complexity index is 698. The average molecular weight is 399 g/mol. The van der Waals surface area contributed by atoms with Crippen molar-refractivity contribution in [3.63, 3.8) is 0 Å². The fourth-order valence-electron chi connectivity index (χ4n) is 2.40. The van der Waals surface area contributed by atoms with Crippen LogP contribution < -0.4 is 5.48 Å². The van der Waals surface area contributed by atoms with Crippen LogP contribution in [0.4, 0.5) is 0 Å². The van der Waals surface area contributed by atoms with E-state index in [-0.39, 0.29) is 18.0 Å². The second-order valence-corrected chi connectivity index (χ2v) is 7.50. The summed E-state index contributed by atoms with van der Waals surface area (Å²) in [5.41, 5.74) is 2.71. The lowest BCUT2D eigenvalue weighted by Gasteiger charge is -2.18. The van der Waals surface area contributed by atoms with Crippen LogP contribution >= 0.6 is 0 Å². The molecule has 0 aromatic heterocycles. The second-order valence-electron chi connectivity index (χ2n) is 5.56. The smallest absolute Gasteiger partial charge is 0.271 e. The summed E-state index contributed by atoms with van der Waals surface area (Å²) in [6, 6.07) is 8.16. The Labute approximate surface area is 162 Å². The van der Waals surface area contributed by atoms with Gasteiger partial charge in [-0.2, -0.15) is 4.31 Å². The lowest BCUT2D eigenvalue weighted by molar-refractivity contribution is -0.186. The number of nitrogens with zero attached hydrogens (tertiary/aromatic N) is 1. The topological polar surface area (TPSA) is 84.9 Å². The zero-order chi connectivity index (χ0) is 20.3. The predicted molar refractivity (Wildman–Crippen MR) is 104 cm³/mol. The van der Waals surface area contributed by atoms with E-state index in [2.05, 4.69) is 5.48 Å². The van der Waals surface area contributed by atoms with Crippen LogP contribution in [0, 0.1) is 0 Å². The molecule has 152 valence electrons. The molecule has 1 aliphatic heterocycles. The number of carbonyl (C=O) groups excluding carboxylic acids is 1. The van der Waals surface area contributed by atoms with E-state index in [0.29, 0.717) is 18.6 Å². The maximum Gasteiger partial charge on any atom is 0.271 e. The Morgan fingerprint density at radius 3 is 2.48 bits per heavy atom. The maximum atomic E-state index is 12.5. The van der Waals surface area contributed by atoms with Crippen molar-refractivity contribution in [2.75, 3.05) is 19.7 Å². The van der Waals surface area contributed by atoms with Gasteiger partial charge in [0, 0.05) is 31.7 Å². The number of amides is 1. The van der Waals surface area contributed by atoms with Crippen molar-refractivity contribution in [2.24, 2.45) is 0 Å². The molecule has 1 aromatic rings. The van der Waals surface area contributed by atoms with Gasteiger partial charge in [0.15, 0.2) is 6.29 Å². The number of rotatable bonds is 9. The zero-order valence-corrected chi connectivity index (χ0v) is 17.3. The number of hydrogen-bond acceptors (Lipinski definition) is 5. The van der Waals surface area contributed by atoms with Crippen molar-refractivity contribution in [1.82, 2.24) is 9.79 Å². The quantitative estimate of drug-likeness (QED) is 0.511. The Morgan fingerprint density at radius 2 is 1.89 bits per heavy atom. The number of sulfonamides is 1. The van der Waals surface area contributed by atoms with Crippen LogP contribution in [0.25, 0.3) is 0 Å². The van der Waals surface area contributed by atoms with E-state index in [1.54, 1.807) is 24.3 Å². The van der Waals surface area contributed by atoms with Crippen LogP contribution in [0.15, 0.2) is 46.9 Å². The molecule has 1 atom stereocenters. The van der Waals surface area contributed by atoms with Gasteiger partial charge in [-0.1, -0.05) is 51.5 Å². The molecule has 1 N–H and O–H groups in total. The third-order valence-corrected chi connectivity index (χ3v) is 5.55. The molecule has 27 heavy (non-hydrogen) atoms. The van der Waals surface area contributed by atoms with Crippen LogP contribution in [0.5, 0.6) is 0 Å². The highest BCUT2D eigenvalue weighted by Crippen LogP contribution is 2.20. The number of benzene rings is 1. The number of carbonyl (C=O) groups is 1. The van der Waals surface area contributed by atoms with Gasteiger partial charge in [-0.25, -0.2) is 18.7 Å². The number of nitrogens with one attached hydrogen (secondary N) is 1. The average Bonchev–Trinajstić information content (AvgIpc) is 3.20. The van der Waals surface area contributed by atoms with Crippen LogP contribution in [0.1, 0.15) is 40.5 Å². The molecule has 0 bridgehead atoms. The molecule has 1 amide bonds. The number of hydroxylamine groups is 1. The highest BCUT2D eigenvalue weighted by molar-refractivity contribution is 7.89. The molecular formula is C19H30N2O5S. The van der Waals surface area contributed by atoms with E-state index in [1.165, 1.54) is 16.4 Å². The minimum atomic E-state index is -3.62. The van der Waals surface area contributed by atoms with E-state index >= 15 is 0 Å². The fraction of sp³-hybridized carbons (Fsp3) is 0.526. The molecule has 0 radical (unpaired) electrons. The summed E-state index contributed by atoms with van der Waals surface area (Å²) in [7, 11) is -3.62. The van der Waals surface area contributed by atoms with Gasteiger partial charge in [0.05, 0.1) is 4.90 Å². The predicted octanol–water partition coefficient (Wildman–Crippen LogP) is 2.85. The SMILES string of the molecule is CC.CCCC(OCC)ONC(=O)C1=CCN(S(=O)(=O)c2ccccc2)C1. The molecule has 1 aliphatic rings. The largest absolute Gasteiger partial charge is 0.351 e.